The summed E-state index contributed by atoms with van der Waals surface area (Å²) in [5.74, 6) is 0.735. The summed E-state index contributed by atoms with van der Waals surface area (Å²) in [6.07, 6.45) is 0. The fourth-order valence-electron chi connectivity index (χ4n) is 1.27. The number of hydrogen-bond donors (Lipinski definition) is 0. The Morgan fingerprint density at radius 2 is 2.07 bits per heavy atom. The van der Waals surface area contributed by atoms with Gasteiger partial charge in [-0.2, -0.15) is 5.26 Å². The van der Waals surface area contributed by atoms with Gasteiger partial charge in [0.25, 0.3) is 0 Å². The summed E-state index contributed by atoms with van der Waals surface area (Å²) in [5, 5.41) is 9.04. The second-order valence-corrected chi connectivity index (χ2v) is 4.41. The van der Waals surface area contributed by atoms with E-state index in [1.807, 2.05) is 32.0 Å². The van der Waals surface area contributed by atoms with Crippen molar-refractivity contribution >= 4 is 15.9 Å². The zero-order valence-corrected chi connectivity index (χ0v) is 10.1. The van der Waals surface area contributed by atoms with E-state index in [2.05, 4.69) is 22.0 Å². The molecule has 0 saturated carbocycles. The zero-order chi connectivity index (χ0) is 10.8. The molecule has 0 heterocycles. The number of nitriles is 1. The minimum atomic E-state index is -0.533. The van der Waals surface area contributed by atoms with Crippen LogP contribution < -0.4 is 4.74 Å². The summed E-state index contributed by atoms with van der Waals surface area (Å²) >= 11 is 3.39. The van der Waals surface area contributed by atoms with Crippen LogP contribution in [0.2, 0.25) is 0 Å². The lowest BCUT2D eigenvalue weighted by molar-refractivity contribution is 0.400. The predicted octanol–water partition coefficient (Wildman–Crippen LogP) is 3.26. The van der Waals surface area contributed by atoms with Crippen LogP contribution in [-0.2, 0) is 5.41 Å². The van der Waals surface area contributed by atoms with Crippen LogP contribution in [0, 0.1) is 11.3 Å². The van der Waals surface area contributed by atoms with Gasteiger partial charge in [0.05, 0.1) is 23.1 Å². The van der Waals surface area contributed by atoms with E-state index in [0.717, 1.165) is 15.8 Å². The molecule has 14 heavy (non-hydrogen) atoms. The Kier molecular flexibility index (Phi) is 3.17. The van der Waals surface area contributed by atoms with Gasteiger partial charge < -0.3 is 4.74 Å². The first-order valence-corrected chi connectivity index (χ1v) is 5.06. The highest BCUT2D eigenvalue weighted by atomic mass is 79.9. The van der Waals surface area contributed by atoms with E-state index in [1.165, 1.54) is 0 Å². The lowest BCUT2D eigenvalue weighted by Gasteiger charge is -2.19. The summed E-state index contributed by atoms with van der Waals surface area (Å²) < 4.78 is 6.14. The van der Waals surface area contributed by atoms with Crippen molar-refractivity contribution in [1.29, 1.82) is 5.26 Å². The van der Waals surface area contributed by atoms with Crippen molar-refractivity contribution in [2.24, 2.45) is 0 Å². The minimum Gasteiger partial charge on any atom is -0.495 e. The van der Waals surface area contributed by atoms with Crippen molar-refractivity contribution < 1.29 is 4.74 Å². The number of hydrogen-bond acceptors (Lipinski definition) is 2. The quantitative estimate of drug-likeness (QED) is 0.811. The molecule has 2 nitrogen and oxygen atoms in total. The molecular formula is C11H12BrNO. The largest absolute Gasteiger partial charge is 0.495 e. The van der Waals surface area contributed by atoms with Crippen molar-refractivity contribution in [2.75, 3.05) is 7.11 Å². The van der Waals surface area contributed by atoms with E-state index in [-0.39, 0.29) is 0 Å². The Labute approximate surface area is 92.6 Å². The third kappa shape index (κ3) is 1.91. The highest BCUT2D eigenvalue weighted by Crippen LogP contribution is 2.36. The van der Waals surface area contributed by atoms with Gasteiger partial charge in [0.1, 0.15) is 5.75 Å². The van der Waals surface area contributed by atoms with E-state index in [0.29, 0.717) is 0 Å². The van der Waals surface area contributed by atoms with Gasteiger partial charge in [-0.25, -0.2) is 0 Å². The maximum absolute atomic E-state index is 9.04. The third-order valence-corrected chi connectivity index (χ3v) is 2.75. The Hall–Kier alpha value is -1.01. The van der Waals surface area contributed by atoms with Crippen molar-refractivity contribution in [3.05, 3.63) is 28.2 Å². The maximum atomic E-state index is 9.04. The van der Waals surface area contributed by atoms with Crippen molar-refractivity contribution in [3.63, 3.8) is 0 Å². The van der Waals surface area contributed by atoms with Gasteiger partial charge in [0.15, 0.2) is 0 Å². The first kappa shape index (κ1) is 11.1. The summed E-state index contributed by atoms with van der Waals surface area (Å²) in [4.78, 5) is 0. The van der Waals surface area contributed by atoms with Gasteiger partial charge in [-0.3, -0.25) is 0 Å². The van der Waals surface area contributed by atoms with E-state index in [9.17, 15) is 0 Å². The fourth-order valence-corrected chi connectivity index (χ4v) is 1.80. The van der Waals surface area contributed by atoms with Gasteiger partial charge in [0.2, 0.25) is 0 Å². The molecular weight excluding hydrogens is 242 g/mol. The average molecular weight is 254 g/mol. The molecule has 0 aromatic heterocycles. The average Bonchev–Trinajstić information content (AvgIpc) is 2.17. The first-order chi connectivity index (χ1) is 6.53. The van der Waals surface area contributed by atoms with Crippen LogP contribution in [0.3, 0.4) is 0 Å². The molecule has 0 aliphatic rings. The van der Waals surface area contributed by atoms with Crippen LogP contribution in [-0.4, -0.2) is 7.11 Å². The minimum absolute atomic E-state index is 0.533. The topological polar surface area (TPSA) is 33.0 Å². The SMILES string of the molecule is COc1c(Br)cccc1C(C)(C)C#N. The van der Waals surface area contributed by atoms with Gasteiger partial charge in [-0.15, -0.1) is 0 Å². The molecule has 0 radical (unpaired) electrons. The molecule has 0 amide bonds. The summed E-state index contributed by atoms with van der Waals surface area (Å²) in [6.45, 7) is 3.74. The number of halogens is 1. The highest BCUT2D eigenvalue weighted by molar-refractivity contribution is 9.10. The molecule has 1 aromatic carbocycles. The standard InChI is InChI=1S/C11H12BrNO/c1-11(2,7-13)8-5-4-6-9(12)10(8)14-3/h4-6H,1-3H3. The van der Waals surface area contributed by atoms with Crippen LogP contribution in [0.1, 0.15) is 19.4 Å². The third-order valence-electron chi connectivity index (χ3n) is 2.12. The first-order valence-electron chi connectivity index (χ1n) is 4.27. The number of ether oxygens (including phenoxy) is 1. The van der Waals surface area contributed by atoms with Crippen molar-refractivity contribution in [3.8, 4) is 11.8 Å². The molecule has 0 unspecified atom stereocenters. The molecule has 3 heteroatoms. The van der Waals surface area contributed by atoms with Gasteiger partial charge in [-0.1, -0.05) is 12.1 Å². The van der Waals surface area contributed by atoms with Gasteiger partial charge in [-0.05, 0) is 35.8 Å². The second-order valence-electron chi connectivity index (χ2n) is 3.56. The molecule has 0 atom stereocenters. The fraction of sp³-hybridized carbons (Fsp3) is 0.364. The predicted molar refractivity (Wildman–Crippen MR) is 59.3 cm³/mol. The molecule has 74 valence electrons. The maximum Gasteiger partial charge on any atom is 0.137 e. The molecule has 0 aliphatic carbocycles. The van der Waals surface area contributed by atoms with Crippen molar-refractivity contribution in [2.45, 2.75) is 19.3 Å². The summed E-state index contributed by atoms with van der Waals surface area (Å²) in [7, 11) is 1.61. The molecule has 0 saturated heterocycles. The number of nitrogens with zero attached hydrogens (tertiary/aromatic N) is 1. The van der Waals surface area contributed by atoms with Crippen LogP contribution in [0.5, 0.6) is 5.75 Å². The van der Waals surface area contributed by atoms with E-state index in [4.69, 9.17) is 10.00 Å². The van der Waals surface area contributed by atoms with E-state index in [1.54, 1.807) is 7.11 Å². The Morgan fingerprint density at radius 1 is 1.43 bits per heavy atom. The highest BCUT2D eigenvalue weighted by Gasteiger charge is 2.24. The smallest absolute Gasteiger partial charge is 0.137 e. The number of benzene rings is 1. The van der Waals surface area contributed by atoms with Gasteiger partial charge in [0, 0.05) is 5.56 Å². The van der Waals surface area contributed by atoms with E-state index >= 15 is 0 Å². The van der Waals surface area contributed by atoms with Gasteiger partial charge >= 0.3 is 0 Å². The summed E-state index contributed by atoms with van der Waals surface area (Å²) in [6, 6.07) is 7.97. The Bertz CT molecular complexity index is 379. The Morgan fingerprint density at radius 3 is 2.57 bits per heavy atom. The van der Waals surface area contributed by atoms with Crippen molar-refractivity contribution in [1.82, 2.24) is 0 Å². The monoisotopic (exact) mass is 253 g/mol. The number of methoxy groups -OCH3 is 1. The van der Waals surface area contributed by atoms with Crippen LogP contribution in [0.4, 0.5) is 0 Å². The number of para-hydroxylation sites is 1. The van der Waals surface area contributed by atoms with E-state index < -0.39 is 5.41 Å². The number of rotatable bonds is 2. The molecule has 0 bridgehead atoms. The van der Waals surface area contributed by atoms with Crippen LogP contribution in [0.25, 0.3) is 0 Å². The molecule has 0 spiro atoms. The lowest BCUT2D eigenvalue weighted by Crippen LogP contribution is -2.15. The molecule has 0 fully saturated rings. The summed E-state index contributed by atoms with van der Waals surface area (Å²) in [5.41, 5.74) is 0.367. The molecule has 1 rings (SSSR count). The molecule has 0 N–H and O–H groups in total. The Balaban J connectivity index is 3.36. The normalized spacial score (nSPS) is 10.8. The van der Waals surface area contributed by atoms with Crippen LogP contribution >= 0.6 is 15.9 Å². The second kappa shape index (κ2) is 4.02. The zero-order valence-electron chi connectivity index (χ0n) is 8.47. The lowest BCUT2D eigenvalue weighted by atomic mass is 9.86. The molecule has 1 aromatic rings. The van der Waals surface area contributed by atoms with Crippen LogP contribution in [0.15, 0.2) is 22.7 Å². The molecule has 0 aliphatic heterocycles.